The molecule has 0 saturated carbocycles. The van der Waals surface area contributed by atoms with E-state index in [0.29, 0.717) is 0 Å². The highest BCUT2D eigenvalue weighted by Crippen LogP contribution is 1.90. The fourth-order valence-electron chi connectivity index (χ4n) is 0.934. The summed E-state index contributed by atoms with van der Waals surface area (Å²) in [5, 5.41) is 6.57. The van der Waals surface area contributed by atoms with E-state index in [1.54, 1.807) is 0 Å². The molecule has 0 amide bonds. The van der Waals surface area contributed by atoms with Gasteiger partial charge in [0.1, 0.15) is 0 Å². The summed E-state index contributed by atoms with van der Waals surface area (Å²) in [6.45, 7) is 12.3. The number of nitrogens with one attached hydrogen (secondary N) is 2. The van der Waals surface area contributed by atoms with Crippen molar-refractivity contribution in [3.8, 4) is 0 Å². The van der Waals surface area contributed by atoms with Crippen molar-refractivity contribution in [1.29, 1.82) is 0 Å². The molecule has 2 N–H and O–H groups in total. The average Bonchev–Trinajstić information content (AvgIpc) is 2.17. The van der Waals surface area contributed by atoms with Gasteiger partial charge >= 0.3 is 0 Å². The molecule has 0 aliphatic heterocycles. The summed E-state index contributed by atoms with van der Waals surface area (Å²) >= 11 is 0. The summed E-state index contributed by atoms with van der Waals surface area (Å²) in [5.74, 6) is 0. The van der Waals surface area contributed by atoms with Gasteiger partial charge in [0.25, 0.3) is 0 Å². The smallest absolute Gasteiger partial charge is 0.0352 e. The lowest BCUT2D eigenvalue weighted by atomic mass is 10.3. The fourth-order valence-corrected chi connectivity index (χ4v) is 0.934. The maximum atomic E-state index is 3.31. The van der Waals surface area contributed by atoms with E-state index in [1.807, 2.05) is 6.20 Å². The third-order valence-electron chi connectivity index (χ3n) is 2.08. The van der Waals surface area contributed by atoms with E-state index in [-0.39, 0.29) is 0 Å². The molecule has 0 radical (unpaired) electrons. The minimum Gasteiger partial charge on any atom is -0.386 e. The van der Waals surface area contributed by atoms with E-state index in [0.717, 1.165) is 18.8 Å². The molecule has 0 aromatic carbocycles. The summed E-state index contributed by atoms with van der Waals surface area (Å²) in [6, 6.07) is 0. The molecule has 0 saturated heterocycles. The summed E-state index contributed by atoms with van der Waals surface area (Å²) in [4.78, 5) is 0. The second-order valence-electron chi connectivity index (χ2n) is 4.01. The standard InChI is InChI=1S/C13H24N2/c1-6-12(4)9-14-10-13(5)15-8-7-11(2)3/h6-7,10,14-15H,8-9H2,1-5H3/b12-6-,13-10-. The van der Waals surface area contributed by atoms with Crippen molar-refractivity contribution in [2.75, 3.05) is 13.1 Å². The molecule has 0 unspecified atom stereocenters. The summed E-state index contributed by atoms with van der Waals surface area (Å²) in [5.41, 5.74) is 3.85. The molecule has 0 aromatic heterocycles. The maximum Gasteiger partial charge on any atom is 0.0352 e. The van der Waals surface area contributed by atoms with Crippen LogP contribution in [0.2, 0.25) is 0 Å². The highest BCUT2D eigenvalue weighted by atomic mass is 14.9. The molecular weight excluding hydrogens is 184 g/mol. The third kappa shape index (κ3) is 9.13. The van der Waals surface area contributed by atoms with Gasteiger partial charge in [0.15, 0.2) is 0 Å². The predicted molar refractivity (Wildman–Crippen MR) is 68.6 cm³/mol. The van der Waals surface area contributed by atoms with Crippen molar-refractivity contribution in [1.82, 2.24) is 10.6 Å². The average molecular weight is 208 g/mol. The summed E-state index contributed by atoms with van der Waals surface area (Å²) in [6.07, 6.45) is 6.31. The molecule has 0 heterocycles. The van der Waals surface area contributed by atoms with Crippen molar-refractivity contribution in [2.45, 2.75) is 34.6 Å². The van der Waals surface area contributed by atoms with Gasteiger partial charge in [-0.15, -0.1) is 0 Å². The Labute approximate surface area is 94.1 Å². The molecule has 0 fully saturated rings. The summed E-state index contributed by atoms with van der Waals surface area (Å²) in [7, 11) is 0. The highest BCUT2D eigenvalue weighted by Gasteiger charge is 1.87. The second-order valence-corrected chi connectivity index (χ2v) is 4.01. The number of rotatable bonds is 6. The van der Waals surface area contributed by atoms with Gasteiger partial charge in [-0.3, -0.25) is 0 Å². The van der Waals surface area contributed by atoms with E-state index in [1.165, 1.54) is 11.1 Å². The maximum absolute atomic E-state index is 3.31. The predicted octanol–water partition coefficient (Wildman–Crippen LogP) is 2.96. The monoisotopic (exact) mass is 208 g/mol. The number of hydrogen-bond donors (Lipinski definition) is 2. The topological polar surface area (TPSA) is 24.1 Å². The molecule has 2 nitrogen and oxygen atoms in total. The molecule has 0 bridgehead atoms. The van der Waals surface area contributed by atoms with Crippen LogP contribution >= 0.6 is 0 Å². The molecular formula is C13H24N2. The van der Waals surface area contributed by atoms with E-state index in [9.17, 15) is 0 Å². The molecule has 0 atom stereocenters. The largest absolute Gasteiger partial charge is 0.386 e. The van der Waals surface area contributed by atoms with Crippen LogP contribution in [0, 0.1) is 0 Å². The first-order chi connectivity index (χ1) is 7.06. The zero-order valence-electron chi connectivity index (χ0n) is 10.6. The van der Waals surface area contributed by atoms with Gasteiger partial charge in [0.05, 0.1) is 0 Å². The van der Waals surface area contributed by atoms with Crippen LogP contribution in [0.4, 0.5) is 0 Å². The Bertz CT molecular complexity index is 256. The van der Waals surface area contributed by atoms with Crippen LogP contribution in [0.15, 0.2) is 35.2 Å². The first kappa shape index (κ1) is 13.8. The molecule has 86 valence electrons. The Balaban J connectivity index is 3.75. The zero-order chi connectivity index (χ0) is 11.7. The lowest BCUT2D eigenvalue weighted by Gasteiger charge is -2.06. The van der Waals surface area contributed by atoms with Gasteiger partial charge in [-0.25, -0.2) is 0 Å². The van der Waals surface area contributed by atoms with Crippen molar-refractivity contribution in [2.24, 2.45) is 0 Å². The molecule has 0 rings (SSSR count). The minimum absolute atomic E-state index is 0.898. The Morgan fingerprint density at radius 2 is 1.80 bits per heavy atom. The van der Waals surface area contributed by atoms with Crippen LogP contribution in [0.5, 0.6) is 0 Å². The normalized spacial score (nSPS) is 12.3. The van der Waals surface area contributed by atoms with E-state index < -0.39 is 0 Å². The van der Waals surface area contributed by atoms with Gasteiger partial charge in [0, 0.05) is 25.0 Å². The van der Waals surface area contributed by atoms with Gasteiger partial charge in [-0.05, 0) is 34.6 Å². The van der Waals surface area contributed by atoms with Crippen LogP contribution in [-0.4, -0.2) is 13.1 Å². The highest BCUT2D eigenvalue weighted by molar-refractivity contribution is 5.03. The lowest BCUT2D eigenvalue weighted by Crippen LogP contribution is -2.16. The Morgan fingerprint density at radius 1 is 1.13 bits per heavy atom. The fraction of sp³-hybridized carbons (Fsp3) is 0.538. The number of hydrogen-bond acceptors (Lipinski definition) is 2. The lowest BCUT2D eigenvalue weighted by molar-refractivity contribution is 0.848. The summed E-state index contributed by atoms with van der Waals surface area (Å²) < 4.78 is 0. The SMILES string of the molecule is C/C=C(/C)CN/C=C(/C)NCC=C(C)C. The first-order valence-electron chi connectivity index (χ1n) is 5.45. The van der Waals surface area contributed by atoms with E-state index >= 15 is 0 Å². The van der Waals surface area contributed by atoms with Crippen LogP contribution < -0.4 is 10.6 Å². The van der Waals surface area contributed by atoms with Crippen molar-refractivity contribution in [3.63, 3.8) is 0 Å². The van der Waals surface area contributed by atoms with Crippen LogP contribution in [0.3, 0.4) is 0 Å². The van der Waals surface area contributed by atoms with Gasteiger partial charge in [-0.1, -0.05) is 23.3 Å². The Morgan fingerprint density at radius 3 is 2.33 bits per heavy atom. The molecule has 0 aromatic rings. The van der Waals surface area contributed by atoms with Gasteiger partial charge in [-0.2, -0.15) is 0 Å². The van der Waals surface area contributed by atoms with Crippen molar-refractivity contribution >= 4 is 0 Å². The van der Waals surface area contributed by atoms with E-state index in [4.69, 9.17) is 0 Å². The van der Waals surface area contributed by atoms with Crippen LogP contribution in [0.1, 0.15) is 34.6 Å². The first-order valence-corrected chi connectivity index (χ1v) is 5.45. The van der Waals surface area contributed by atoms with E-state index in [2.05, 4.69) is 57.4 Å². The molecule has 0 spiro atoms. The van der Waals surface area contributed by atoms with Gasteiger partial charge in [0.2, 0.25) is 0 Å². The molecule has 15 heavy (non-hydrogen) atoms. The van der Waals surface area contributed by atoms with Gasteiger partial charge < -0.3 is 10.6 Å². The zero-order valence-corrected chi connectivity index (χ0v) is 10.6. The molecule has 2 heteroatoms. The quantitative estimate of drug-likeness (QED) is 0.656. The molecule has 0 aliphatic rings. The van der Waals surface area contributed by atoms with Crippen molar-refractivity contribution in [3.05, 3.63) is 35.2 Å². The van der Waals surface area contributed by atoms with Crippen LogP contribution in [-0.2, 0) is 0 Å². The second kappa shape index (κ2) is 8.16. The third-order valence-corrected chi connectivity index (χ3v) is 2.08. The van der Waals surface area contributed by atoms with Crippen LogP contribution in [0.25, 0.3) is 0 Å². The minimum atomic E-state index is 0.898. The number of allylic oxidation sites excluding steroid dienone is 3. The Kier molecular flexibility index (Phi) is 7.51. The van der Waals surface area contributed by atoms with Crippen molar-refractivity contribution < 1.29 is 0 Å². The molecule has 0 aliphatic carbocycles. The Hall–Kier alpha value is -1.18.